The highest BCUT2D eigenvalue weighted by molar-refractivity contribution is 5.77. The van der Waals surface area contributed by atoms with Gasteiger partial charge in [0.1, 0.15) is 11.6 Å². The van der Waals surface area contributed by atoms with Crippen LogP contribution >= 0.6 is 0 Å². The molecule has 0 fully saturated rings. The first kappa shape index (κ1) is 19.0. The molecule has 0 aliphatic carbocycles. The second-order valence-corrected chi connectivity index (χ2v) is 7.97. The molecule has 5 nitrogen and oxygen atoms in total. The summed E-state index contributed by atoms with van der Waals surface area (Å²) in [6, 6.07) is 21.6. The number of para-hydroxylation sites is 1. The number of rotatable bonds is 5. The zero-order chi connectivity index (χ0) is 20.6. The second-order valence-electron chi connectivity index (χ2n) is 7.97. The first-order valence-corrected chi connectivity index (χ1v) is 9.70. The number of hydrogen-bond acceptors (Lipinski definition) is 4. The van der Waals surface area contributed by atoms with Gasteiger partial charge in [0, 0.05) is 23.1 Å². The molecule has 0 unspecified atom stereocenters. The Hall–Kier alpha value is -3.34. The highest BCUT2D eigenvalue weighted by Crippen LogP contribution is 2.51. The van der Waals surface area contributed by atoms with Crippen LogP contribution in [-0.4, -0.2) is 16.1 Å². The van der Waals surface area contributed by atoms with Crippen molar-refractivity contribution < 1.29 is 14.6 Å². The number of carboxylic acids is 1. The van der Waals surface area contributed by atoms with Gasteiger partial charge in [0.2, 0.25) is 5.88 Å². The number of aliphatic carboxylic acids is 1. The Morgan fingerprint density at radius 1 is 1.03 bits per heavy atom. The summed E-state index contributed by atoms with van der Waals surface area (Å²) >= 11 is 0. The number of nitrogens with zero attached hydrogens (tertiary/aromatic N) is 1. The predicted octanol–water partition coefficient (Wildman–Crippen LogP) is 5.60. The van der Waals surface area contributed by atoms with Gasteiger partial charge in [0.25, 0.3) is 0 Å². The molecule has 0 saturated carbocycles. The maximum absolute atomic E-state index is 12.0. The number of aromatic nitrogens is 1. The van der Waals surface area contributed by atoms with Crippen molar-refractivity contribution in [3.8, 4) is 11.6 Å². The summed E-state index contributed by atoms with van der Waals surface area (Å²) in [6.45, 7) is 5.56. The monoisotopic (exact) mass is 388 g/mol. The lowest BCUT2D eigenvalue weighted by Gasteiger charge is -2.36. The van der Waals surface area contributed by atoms with Crippen molar-refractivity contribution in [2.45, 2.75) is 32.7 Å². The molecule has 148 valence electrons. The number of ether oxygens (including phenoxy) is 1. The molecule has 2 atom stereocenters. The highest BCUT2D eigenvalue weighted by Gasteiger charge is 2.44. The molecule has 1 aromatic heterocycles. The zero-order valence-electron chi connectivity index (χ0n) is 16.7. The minimum atomic E-state index is -1.01. The quantitative estimate of drug-likeness (QED) is 0.595. The van der Waals surface area contributed by atoms with E-state index in [0.717, 1.165) is 16.7 Å². The predicted molar refractivity (Wildman–Crippen MR) is 112 cm³/mol. The SMILES string of the molecule is C[C@@H](Nc1ccc2c(n1)Oc1ccccc1[C@@H]2C(C)(C)C(=O)O)c1ccccc1. The molecule has 2 aromatic carbocycles. The van der Waals surface area contributed by atoms with Crippen molar-refractivity contribution in [3.05, 3.63) is 83.4 Å². The van der Waals surface area contributed by atoms with Gasteiger partial charge in [-0.1, -0.05) is 48.5 Å². The number of nitrogens with one attached hydrogen (secondary N) is 1. The van der Waals surface area contributed by atoms with Crippen LogP contribution in [0.5, 0.6) is 11.6 Å². The maximum Gasteiger partial charge on any atom is 0.310 e. The van der Waals surface area contributed by atoms with Crippen LogP contribution in [0.25, 0.3) is 0 Å². The molecular weight excluding hydrogens is 364 g/mol. The Morgan fingerprint density at radius 3 is 2.45 bits per heavy atom. The second kappa shape index (κ2) is 7.24. The van der Waals surface area contributed by atoms with Crippen molar-refractivity contribution >= 4 is 11.8 Å². The summed E-state index contributed by atoms with van der Waals surface area (Å²) in [5.41, 5.74) is 1.80. The molecule has 5 heteroatoms. The van der Waals surface area contributed by atoms with E-state index in [1.807, 2.05) is 54.6 Å². The fraction of sp³-hybridized carbons (Fsp3) is 0.250. The number of fused-ring (bicyclic) bond motifs is 2. The van der Waals surface area contributed by atoms with E-state index in [-0.39, 0.29) is 12.0 Å². The molecule has 0 amide bonds. The van der Waals surface area contributed by atoms with Crippen molar-refractivity contribution in [3.63, 3.8) is 0 Å². The summed E-state index contributed by atoms with van der Waals surface area (Å²) in [4.78, 5) is 16.7. The Bertz CT molecular complexity index is 1050. The molecule has 2 heterocycles. The van der Waals surface area contributed by atoms with Crippen LogP contribution < -0.4 is 10.1 Å². The van der Waals surface area contributed by atoms with E-state index in [9.17, 15) is 9.90 Å². The lowest BCUT2D eigenvalue weighted by Crippen LogP contribution is -2.34. The van der Waals surface area contributed by atoms with Crippen LogP contribution in [0.15, 0.2) is 66.7 Å². The van der Waals surface area contributed by atoms with E-state index in [2.05, 4.69) is 29.4 Å². The summed E-state index contributed by atoms with van der Waals surface area (Å²) < 4.78 is 6.07. The molecule has 0 saturated heterocycles. The van der Waals surface area contributed by atoms with Gasteiger partial charge in [0.05, 0.1) is 5.41 Å². The number of hydrogen-bond donors (Lipinski definition) is 2. The smallest absolute Gasteiger partial charge is 0.310 e. The third-order valence-corrected chi connectivity index (χ3v) is 5.57. The minimum absolute atomic E-state index is 0.0730. The summed E-state index contributed by atoms with van der Waals surface area (Å²) in [7, 11) is 0. The Kier molecular flexibility index (Phi) is 4.74. The molecule has 3 aromatic rings. The summed E-state index contributed by atoms with van der Waals surface area (Å²) in [6.07, 6.45) is 0. The third kappa shape index (κ3) is 3.44. The van der Waals surface area contributed by atoms with Gasteiger partial charge >= 0.3 is 5.97 Å². The van der Waals surface area contributed by atoms with Crippen LogP contribution in [0, 0.1) is 5.41 Å². The van der Waals surface area contributed by atoms with Crippen molar-refractivity contribution in [1.82, 2.24) is 4.98 Å². The van der Waals surface area contributed by atoms with Crippen LogP contribution in [0.2, 0.25) is 0 Å². The first-order valence-electron chi connectivity index (χ1n) is 9.70. The number of anilines is 1. The molecule has 1 aliphatic heterocycles. The number of carbonyl (C=O) groups is 1. The molecule has 4 rings (SSSR count). The van der Waals surface area contributed by atoms with E-state index in [1.165, 1.54) is 0 Å². The van der Waals surface area contributed by atoms with Gasteiger partial charge in [-0.2, -0.15) is 4.98 Å². The molecule has 2 N–H and O–H groups in total. The minimum Gasteiger partial charge on any atom is -0.481 e. The van der Waals surface area contributed by atoms with Crippen LogP contribution in [0.3, 0.4) is 0 Å². The number of carboxylic acid groups (broad SMARTS) is 1. The normalized spacial score (nSPS) is 16.2. The van der Waals surface area contributed by atoms with E-state index in [1.54, 1.807) is 13.8 Å². The zero-order valence-corrected chi connectivity index (χ0v) is 16.7. The molecular formula is C24H24N2O3. The van der Waals surface area contributed by atoms with E-state index < -0.39 is 11.4 Å². The largest absolute Gasteiger partial charge is 0.481 e. The number of pyridine rings is 1. The lowest BCUT2D eigenvalue weighted by molar-refractivity contribution is -0.147. The summed E-state index contributed by atoms with van der Waals surface area (Å²) in [5.74, 6) is 0.581. The van der Waals surface area contributed by atoms with E-state index in [0.29, 0.717) is 17.4 Å². The average Bonchev–Trinajstić information content (AvgIpc) is 2.72. The van der Waals surface area contributed by atoms with Crippen molar-refractivity contribution in [2.24, 2.45) is 5.41 Å². The topological polar surface area (TPSA) is 71.5 Å². The molecule has 0 bridgehead atoms. The average molecular weight is 388 g/mol. The molecule has 29 heavy (non-hydrogen) atoms. The Morgan fingerprint density at radius 2 is 1.72 bits per heavy atom. The van der Waals surface area contributed by atoms with Gasteiger partial charge in [-0.05, 0) is 44.5 Å². The van der Waals surface area contributed by atoms with E-state index >= 15 is 0 Å². The molecule has 0 radical (unpaired) electrons. The van der Waals surface area contributed by atoms with E-state index in [4.69, 9.17) is 4.74 Å². The Labute approximate surface area is 170 Å². The van der Waals surface area contributed by atoms with Gasteiger partial charge in [0.15, 0.2) is 0 Å². The van der Waals surface area contributed by atoms with Gasteiger partial charge in [-0.3, -0.25) is 4.79 Å². The molecule has 1 aliphatic rings. The van der Waals surface area contributed by atoms with Crippen LogP contribution in [0.1, 0.15) is 49.4 Å². The van der Waals surface area contributed by atoms with Crippen LogP contribution in [0.4, 0.5) is 5.82 Å². The highest BCUT2D eigenvalue weighted by atomic mass is 16.5. The third-order valence-electron chi connectivity index (χ3n) is 5.57. The Balaban J connectivity index is 1.72. The van der Waals surface area contributed by atoms with Crippen LogP contribution in [-0.2, 0) is 4.79 Å². The van der Waals surface area contributed by atoms with Gasteiger partial charge in [-0.15, -0.1) is 0 Å². The van der Waals surface area contributed by atoms with Gasteiger partial charge in [-0.25, -0.2) is 0 Å². The van der Waals surface area contributed by atoms with Gasteiger partial charge < -0.3 is 15.2 Å². The standard InChI is InChI=1S/C24H24N2O3/c1-15(16-9-5-4-6-10-16)25-20-14-13-18-21(24(2,3)23(27)28)17-11-7-8-12-19(17)29-22(18)26-20/h4-15,21H,1-3H3,(H,25,26)(H,27,28)/t15-,21+/m1/s1. The fourth-order valence-electron chi connectivity index (χ4n) is 3.86. The van der Waals surface area contributed by atoms with Crippen molar-refractivity contribution in [1.29, 1.82) is 0 Å². The molecule has 0 spiro atoms. The first-order chi connectivity index (χ1) is 13.9. The fourth-order valence-corrected chi connectivity index (χ4v) is 3.86. The maximum atomic E-state index is 12.0. The van der Waals surface area contributed by atoms with Crippen molar-refractivity contribution in [2.75, 3.05) is 5.32 Å². The summed E-state index contributed by atoms with van der Waals surface area (Å²) in [5, 5.41) is 13.3. The lowest BCUT2D eigenvalue weighted by atomic mass is 9.70. The number of benzene rings is 2.